The monoisotopic (exact) mass is 373 g/mol. The van der Waals surface area contributed by atoms with Crippen LogP contribution in [0.1, 0.15) is 43.0 Å². The largest absolute Gasteiger partial charge is 0.376 e. The number of carbonyl (C=O) groups is 1. The molecule has 144 valence electrons. The van der Waals surface area contributed by atoms with Crippen molar-refractivity contribution >= 4 is 5.91 Å². The summed E-state index contributed by atoms with van der Waals surface area (Å²) in [5.41, 5.74) is 1.44. The van der Waals surface area contributed by atoms with Crippen LogP contribution >= 0.6 is 0 Å². The molecule has 0 spiro atoms. The zero-order chi connectivity index (χ0) is 20.2. The van der Waals surface area contributed by atoms with Crippen molar-refractivity contribution in [2.75, 3.05) is 0 Å². The molecule has 0 fully saturated rings. The Labute approximate surface area is 167 Å². The zero-order valence-corrected chi connectivity index (χ0v) is 16.6. The average Bonchev–Trinajstić information content (AvgIpc) is 2.72. The van der Waals surface area contributed by atoms with Gasteiger partial charge in [0.15, 0.2) is 0 Å². The lowest BCUT2D eigenvalue weighted by Gasteiger charge is -2.32. The van der Waals surface area contributed by atoms with Crippen molar-refractivity contribution in [3.05, 3.63) is 107 Å². The van der Waals surface area contributed by atoms with Crippen LogP contribution in [0.25, 0.3) is 0 Å². The van der Waals surface area contributed by atoms with Crippen LogP contribution in [0.15, 0.2) is 84.9 Å². The summed E-state index contributed by atoms with van der Waals surface area (Å²) in [4.78, 5) is 12.4. The summed E-state index contributed by atoms with van der Waals surface area (Å²) in [6, 6.07) is 27.0. The second kappa shape index (κ2) is 7.99. The van der Waals surface area contributed by atoms with Crippen LogP contribution in [0, 0.1) is 5.41 Å². The third-order valence-electron chi connectivity index (χ3n) is 4.91. The Balaban J connectivity index is 2.09. The van der Waals surface area contributed by atoms with Gasteiger partial charge in [0.25, 0.3) is 0 Å². The third-order valence-corrected chi connectivity index (χ3v) is 4.91. The fraction of sp³-hybridized carbons (Fsp3) is 0.240. The van der Waals surface area contributed by atoms with Crippen molar-refractivity contribution in [3.8, 4) is 0 Å². The highest BCUT2D eigenvalue weighted by Crippen LogP contribution is 2.38. The van der Waals surface area contributed by atoms with Crippen molar-refractivity contribution in [1.82, 2.24) is 5.32 Å². The van der Waals surface area contributed by atoms with Gasteiger partial charge in [0, 0.05) is 12.0 Å². The van der Waals surface area contributed by atoms with Gasteiger partial charge in [-0.05, 0) is 22.3 Å². The molecule has 0 radical (unpaired) electrons. The number of hydrogen-bond donors (Lipinski definition) is 2. The standard InChI is InChI=1S/C25H27NO2/c1-24(2,3)23(27)26-18-19-12-10-11-17-22(19)25(28,20-13-6-4-7-14-20)21-15-8-5-9-16-21/h4-17,28H,18H2,1-3H3,(H,26,27). The molecular formula is C25H27NO2. The normalized spacial score (nSPS) is 11.9. The molecule has 0 saturated carbocycles. The van der Waals surface area contributed by atoms with Crippen molar-refractivity contribution in [1.29, 1.82) is 0 Å². The number of aliphatic hydroxyl groups is 1. The summed E-state index contributed by atoms with van der Waals surface area (Å²) in [6.07, 6.45) is 0. The van der Waals surface area contributed by atoms with Crippen LogP contribution < -0.4 is 5.32 Å². The van der Waals surface area contributed by atoms with Gasteiger partial charge in [-0.3, -0.25) is 4.79 Å². The lowest BCUT2D eigenvalue weighted by molar-refractivity contribution is -0.128. The van der Waals surface area contributed by atoms with Gasteiger partial charge in [-0.2, -0.15) is 0 Å². The summed E-state index contributed by atoms with van der Waals surface area (Å²) >= 11 is 0. The molecular weight excluding hydrogens is 346 g/mol. The third kappa shape index (κ3) is 4.00. The molecule has 3 heteroatoms. The van der Waals surface area contributed by atoms with E-state index in [9.17, 15) is 9.90 Å². The summed E-state index contributed by atoms with van der Waals surface area (Å²) in [7, 11) is 0. The summed E-state index contributed by atoms with van der Waals surface area (Å²) in [5.74, 6) is -0.0229. The smallest absolute Gasteiger partial charge is 0.225 e. The van der Waals surface area contributed by atoms with E-state index in [-0.39, 0.29) is 5.91 Å². The van der Waals surface area contributed by atoms with E-state index in [2.05, 4.69) is 5.32 Å². The number of amides is 1. The van der Waals surface area contributed by atoms with E-state index in [0.717, 1.165) is 22.3 Å². The lowest BCUT2D eigenvalue weighted by atomic mass is 9.78. The van der Waals surface area contributed by atoms with Gasteiger partial charge in [-0.25, -0.2) is 0 Å². The SMILES string of the molecule is CC(C)(C)C(=O)NCc1ccccc1C(O)(c1ccccc1)c1ccccc1. The molecule has 1 amide bonds. The molecule has 0 saturated heterocycles. The van der Waals surface area contributed by atoms with Crippen LogP contribution in [0.2, 0.25) is 0 Å². The second-order valence-electron chi connectivity index (χ2n) is 8.03. The van der Waals surface area contributed by atoms with Gasteiger partial charge in [0.05, 0.1) is 0 Å². The van der Waals surface area contributed by atoms with Crippen molar-refractivity contribution in [2.45, 2.75) is 32.9 Å². The zero-order valence-electron chi connectivity index (χ0n) is 16.6. The highest BCUT2D eigenvalue weighted by atomic mass is 16.3. The Morgan fingerprint density at radius 2 is 1.25 bits per heavy atom. The minimum absolute atomic E-state index is 0.0229. The average molecular weight is 373 g/mol. The Morgan fingerprint density at radius 1 is 0.786 bits per heavy atom. The fourth-order valence-electron chi connectivity index (χ4n) is 3.30. The fourth-order valence-corrected chi connectivity index (χ4v) is 3.30. The molecule has 3 rings (SSSR count). The van der Waals surface area contributed by atoms with E-state index in [0.29, 0.717) is 6.54 Å². The molecule has 28 heavy (non-hydrogen) atoms. The lowest BCUT2D eigenvalue weighted by Crippen LogP contribution is -2.36. The van der Waals surface area contributed by atoms with Crippen LogP contribution in [-0.2, 0) is 16.9 Å². The van der Waals surface area contributed by atoms with E-state index in [4.69, 9.17) is 0 Å². The van der Waals surface area contributed by atoms with Gasteiger partial charge in [-0.15, -0.1) is 0 Å². The van der Waals surface area contributed by atoms with E-state index in [1.165, 1.54) is 0 Å². The molecule has 3 nitrogen and oxygen atoms in total. The Morgan fingerprint density at radius 3 is 1.75 bits per heavy atom. The second-order valence-corrected chi connectivity index (χ2v) is 8.03. The predicted molar refractivity (Wildman–Crippen MR) is 113 cm³/mol. The molecule has 3 aromatic carbocycles. The first-order chi connectivity index (χ1) is 13.3. The van der Waals surface area contributed by atoms with Gasteiger partial charge >= 0.3 is 0 Å². The predicted octanol–water partition coefficient (Wildman–Crippen LogP) is 4.63. The molecule has 0 aliphatic carbocycles. The minimum Gasteiger partial charge on any atom is -0.376 e. The molecule has 0 aliphatic heterocycles. The summed E-state index contributed by atoms with van der Waals surface area (Å²) in [6.45, 7) is 6.02. The first-order valence-electron chi connectivity index (χ1n) is 9.53. The highest BCUT2D eigenvalue weighted by molar-refractivity contribution is 5.81. The number of benzene rings is 3. The molecule has 0 atom stereocenters. The first kappa shape index (κ1) is 19.8. The maximum atomic E-state index is 12.4. The Kier molecular flexibility index (Phi) is 5.66. The van der Waals surface area contributed by atoms with Gasteiger partial charge < -0.3 is 10.4 Å². The van der Waals surface area contributed by atoms with Gasteiger partial charge in [-0.1, -0.05) is 106 Å². The molecule has 0 bridgehead atoms. The Hall–Kier alpha value is -2.91. The van der Waals surface area contributed by atoms with Gasteiger partial charge in [0.2, 0.25) is 5.91 Å². The van der Waals surface area contributed by atoms with E-state index >= 15 is 0 Å². The molecule has 0 aromatic heterocycles. The van der Waals surface area contributed by atoms with Crippen LogP contribution in [0.3, 0.4) is 0 Å². The van der Waals surface area contributed by atoms with Crippen molar-refractivity contribution < 1.29 is 9.90 Å². The number of rotatable bonds is 5. The van der Waals surface area contributed by atoms with Crippen LogP contribution in [-0.4, -0.2) is 11.0 Å². The van der Waals surface area contributed by atoms with Crippen LogP contribution in [0.4, 0.5) is 0 Å². The van der Waals surface area contributed by atoms with Gasteiger partial charge in [0.1, 0.15) is 5.60 Å². The maximum Gasteiger partial charge on any atom is 0.225 e. The van der Waals surface area contributed by atoms with E-state index < -0.39 is 11.0 Å². The summed E-state index contributed by atoms with van der Waals surface area (Å²) < 4.78 is 0. The number of nitrogens with one attached hydrogen (secondary N) is 1. The molecule has 3 aromatic rings. The van der Waals surface area contributed by atoms with E-state index in [1.54, 1.807) is 0 Å². The quantitative estimate of drug-likeness (QED) is 0.641. The molecule has 2 N–H and O–H groups in total. The Bertz CT molecular complexity index is 888. The minimum atomic E-state index is -1.31. The molecule has 0 aliphatic rings. The molecule has 0 unspecified atom stereocenters. The van der Waals surface area contributed by atoms with Crippen molar-refractivity contribution in [3.63, 3.8) is 0 Å². The van der Waals surface area contributed by atoms with Crippen LogP contribution in [0.5, 0.6) is 0 Å². The summed E-state index contributed by atoms with van der Waals surface area (Å²) in [5, 5.41) is 15.0. The van der Waals surface area contributed by atoms with E-state index in [1.807, 2.05) is 106 Å². The molecule has 0 heterocycles. The topological polar surface area (TPSA) is 49.3 Å². The maximum absolute atomic E-state index is 12.4. The number of hydrogen-bond acceptors (Lipinski definition) is 2. The van der Waals surface area contributed by atoms with Crippen molar-refractivity contribution in [2.24, 2.45) is 5.41 Å². The highest BCUT2D eigenvalue weighted by Gasteiger charge is 2.35. The number of carbonyl (C=O) groups excluding carboxylic acids is 1. The first-order valence-corrected chi connectivity index (χ1v) is 9.53.